The van der Waals surface area contributed by atoms with E-state index < -0.39 is 35.7 Å². The lowest BCUT2D eigenvalue weighted by molar-refractivity contribution is 0.488. The monoisotopic (exact) mass is 308 g/mol. The highest BCUT2D eigenvalue weighted by molar-refractivity contribution is 7.89. The number of likely N-dealkylation sites (N-methyl/N-ethyl adjacent to an activating group) is 1. The van der Waals surface area contributed by atoms with Gasteiger partial charge in [-0.2, -0.15) is 4.31 Å². The summed E-state index contributed by atoms with van der Waals surface area (Å²) in [5, 5.41) is 4.82. The summed E-state index contributed by atoms with van der Waals surface area (Å²) in [5.74, 6) is -1.18. The third kappa shape index (κ3) is 3.38. The van der Waals surface area contributed by atoms with Gasteiger partial charge in [0, 0.05) is 13.6 Å². The van der Waals surface area contributed by atoms with E-state index in [4.69, 9.17) is 5.14 Å². The van der Waals surface area contributed by atoms with Crippen molar-refractivity contribution in [1.29, 1.82) is 0 Å². The van der Waals surface area contributed by atoms with E-state index in [0.29, 0.717) is 6.07 Å². The number of benzene rings is 1. The molecule has 0 fully saturated rings. The minimum Gasteiger partial charge on any atom is -0.225 e. The van der Waals surface area contributed by atoms with Crippen LogP contribution >= 0.6 is 0 Å². The van der Waals surface area contributed by atoms with E-state index in [2.05, 4.69) is 6.58 Å². The summed E-state index contributed by atoms with van der Waals surface area (Å²) >= 11 is 0. The molecule has 9 heteroatoms. The van der Waals surface area contributed by atoms with Crippen molar-refractivity contribution >= 4 is 20.0 Å². The molecule has 0 aromatic heterocycles. The topological polar surface area (TPSA) is 97.5 Å². The average molecular weight is 308 g/mol. The van der Waals surface area contributed by atoms with E-state index >= 15 is 0 Å². The van der Waals surface area contributed by atoms with Gasteiger partial charge in [-0.1, -0.05) is 6.08 Å². The minimum atomic E-state index is -4.08. The summed E-state index contributed by atoms with van der Waals surface area (Å²) in [6.07, 6.45) is 1.34. The van der Waals surface area contributed by atoms with E-state index in [-0.39, 0.29) is 6.54 Å². The van der Waals surface area contributed by atoms with Crippen molar-refractivity contribution in [2.75, 3.05) is 13.6 Å². The molecule has 0 aliphatic carbocycles. The highest BCUT2D eigenvalue weighted by Crippen LogP contribution is 2.21. The van der Waals surface area contributed by atoms with Gasteiger partial charge in [0.2, 0.25) is 20.0 Å². The zero-order valence-corrected chi connectivity index (χ0v) is 11.7. The third-order valence-corrected chi connectivity index (χ3v) is 5.07. The van der Waals surface area contributed by atoms with Crippen molar-refractivity contribution in [2.45, 2.75) is 9.79 Å². The van der Waals surface area contributed by atoms with Crippen LogP contribution in [0.5, 0.6) is 0 Å². The Balaban J connectivity index is 3.35. The van der Waals surface area contributed by atoms with Crippen LogP contribution in [-0.4, -0.2) is 34.7 Å². The zero-order valence-electron chi connectivity index (χ0n) is 10.1. The number of hydrogen-bond donors (Lipinski definition) is 1. The van der Waals surface area contributed by atoms with Crippen molar-refractivity contribution < 1.29 is 21.2 Å². The highest BCUT2D eigenvalue weighted by Gasteiger charge is 2.24. The van der Waals surface area contributed by atoms with Gasteiger partial charge in [-0.25, -0.2) is 26.4 Å². The van der Waals surface area contributed by atoms with Crippen LogP contribution in [0.15, 0.2) is 40.6 Å². The quantitative estimate of drug-likeness (QED) is 0.790. The molecule has 0 heterocycles. The van der Waals surface area contributed by atoms with Crippen LogP contribution in [0.4, 0.5) is 4.39 Å². The number of halogens is 1. The normalized spacial score (nSPS) is 12.6. The Kier molecular flexibility index (Phi) is 4.46. The van der Waals surface area contributed by atoms with Crippen molar-refractivity contribution in [3.63, 3.8) is 0 Å². The predicted octanol–water partition coefficient (Wildman–Crippen LogP) is 0.280. The number of hydrogen-bond acceptors (Lipinski definition) is 4. The van der Waals surface area contributed by atoms with Gasteiger partial charge < -0.3 is 0 Å². The van der Waals surface area contributed by atoms with Crippen LogP contribution in [0.1, 0.15) is 0 Å². The van der Waals surface area contributed by atoms with Crippen LogP contribution in [0, 0.1) is 5.82 Å². The molecule has 0 amide bonds. The van der Waals surface area contributed by atoms with Gasteiger partial charge in [0.15, 0.2) is 0 Å². The Morgan fingerprint density at radius 1 is 1.37 bits per heavy atom. The predicted molar refractivity (Wildman–Crippen MR) is 67.8 cm³/mol. The Hall–Kier alpha value is -1.29. The highest BCUT2D eigenvalue weighted by atomic mass is 32.2. The second-order valence-electron chi connectivity index (χ2n) is 3.71. The van der Waals surface area contributed by atoms with E-state index in [9.17, 15) is 21.2 Å². The summed E-state index contributed by atoms with van der Waals surface area (Å²) < 4.78 is 60.6. The van der Waals surface area contributed by atoms with E-state index in [1.54, 1.807) is 0 Å². The summed E-state index contributed by atoms with van der Waals surface area (Å²) in [4.78, 5) is -1.11. The Bertz CT molecular complexity index is 698. The van der Waals surface area contributed by atoms with Crippen LogP contribution in [-0.2, 0) is 20.0 Å². The van der Waals surface area contributed by atoms with Gasteiger partial charge >= 0.3 is 0 Å². The van der Waals surface area contributed by atoms with Gasteiger partial charge in [0.1, 0.15) is 10.7 Å². The first-order valence-corrected chi connectivity index (χ1v) is 7.99. The van der Waals surface area contributed by atoms with Gasteiger partial charge in [-0.05, 0) is 18.2 Å². The van der Waals surface area contributed by atoms with Gasteiger partial charge in [0.25, 0.3) is 0 Å². The second kappa shape index (κ2) is 5.37. The molecule has 0 saturated carbocycles. The van der Waals surface area contributed by atoms with Crippen LogP contribution < -0.4 is 5.14 Å². The molecular formula is C10H13FN2O4S2. The SMILES string of the molecule is C=CCN(C)S(=O)(=O)c1ccc(S(N)(=O)=O)cc1F. The molecule has 2 N–H and O–H groups in total. The van der Waals surface area contributed by atoms with Crippen molar-refractivity contribution in [3.8, 4) is 0 Å². The fraction of sp³-hybridized carbons (Fsp3) is 0.200. The maximum atomic E-state index is 13.7. The molecular weight excluding hydrogens is 295 g/mol. The molecule has 0 bridgehead atoms. The number of rotatable bonds is 5. The summed E-state index contributed by atoms with van der Waals surface area (Å²) in [6, 6.07) is 2.38. The first kappa shape index (κ1) is 15.8. The summed E-state index contributed by atoms with van der Waals surface area (Å²) in [5.41, 5.74) is 0. The second-order valence-corrected chi connectivity index (χ2v) is 7.29. The fourth-order valence-corrected chi connectivity index (χ4v) is 3.02. The maximum Gasteiger partial charge on any atom is 0.246 e. The lowest BCUT2D eigenvalue weighted by atomic mass is 10.3. The zero-order chi connectivity index (χ0) is 14.8. The molecule has 1 rings (SSSR count). The molecule has 1 aromatic carbocycles. The van der Waals surface area contributed by atoms with Gasteiger partial charge in [0.05, 0.1) is 4.90 Å². The van der Waals surface area contributed by atoms with E-state index in [1.807, 2.05) is 0 Å². The average Bonchev–Trinajstić information content (AvgIpc) is 2.27. The van der Waals surface area contributed by atoms with E-state index in [0.717, 1.165) is 16.4 Å². The Labute approximate surface area is 111 Å². The number of primary sulfonamides is 1. The van der Waals surface area contributed by atoms with Gasteiger partial charge in [-0.15, -0.1) is 6.58 Å². The largest absolute Gasteiger partial charge is 0.246 e. The number of nitrogens with zero attached hydrogens (tertiary/aromatic N) is 1. The third-order valence-electron chi connectivity index (χ3n) is 2.31. The lowest BCUT2D eigenvalue weighted by Gasteiger charge is -2.15. The molecule has 0 aliphatic heterocycles. The van der Waals surface area contributed by atoms with E-state index in [1.165, 1.54) is 13.1 Å². The lowest BCUT2D eigenvalue weighted by Crippen LogP contribution is -2.28. The minimum absolute atomic E-state index is 0.00128. The van der Waals surface area contributed by atoms with Crippen molar-refractivity contribution in [1.82, 2.24) is 4.31 Å². The molecule has 19 heavy (non-hydrogen) atoms. The first-order chi connectivity index (χ1) is 8.60. The van der Waals surface area contributed by atoms with Crippen LogP contribution in [0.3, 0.4) is 0 Å². The molecule has 0 spiro atoms. The fourth-order valence-electron chi connectivity index (χ4n) is 1.32. The molecule has 0 saturated heterocycles. The number of nitrogens with two attached hydrogens (primary N) is 1. The van der Waals surface area contributed by atoms with Crippen molar-refractivity contribution in [2.24, 2.45) is 5.14 Å². The van der Waals surface area contributed by atoms with Crippen molar-refractivity contribution in [3.05, 3.63) is 36.7 Å². The smallest absolute Gasteiger partial charge is 0.225 e. The molecule has 6 nitrogen and oxygen atoms in total. The Morgan fingerprint density at radius 2 is 1.95 bits per heavy atom. The molecule has 0 unspecified atom stereocenters. The summed E-state index contributed by atoms with van der Waals surface area (Å²) in [6.45, 7) is 3.38. The molecule has 0 atom stereocenters. The summed E-state index contributed by atoms with van der Waals surface area (Å²) in [7, 11) is -6.87. The Morgan fingerprint density at radius 3 is 2.37 bits per heavy atom. The maximum absolute atomic E-state index is 13.7. The molecule has 0 radical (unpaired) electrons. The molecule has 106 valence electrons. The molecule has 0 aliphatic rings. The first-order valence-electron chi connectivity index (χ1n) is 5.00. The number of sulfonamides is 2. The van der Waals surface area contributed by atoms with Crippen LogP contribution in [0.25, 0.3) is 0 Å². The standard InChI is InChI=1S/C10H13FN2O4S2/c1-3-6-13(2)19(16,17)10-5-4-8(7-9(10)11)18(12,14)15/h3-5,7H,1,6H2,2H3,(H2,12,14,15). The van der Waals surface area contributed by atoms with Crippen LogP contribution in [0.2, 0.25) is 0 Å². The molecule has 1 aromatic rings. The van der Waals surface area contributed by atoms with Gasteiger partial charge in [-0.3, -0.25) is 0 Å².